The highest BCUT2D eigenvalue weighted by Crippen LogP contribution is 2.45. The Hall–Kier alpha value is -3.02. The van der Waals surface area contributed by atoms with E-state index in [9.17, 15) is 14.0 Å². The van der Waals surface area contributed by atoms with Crippen LogP contribution in [0.15, 0.2) is 36.9 Å². The van der Waals surface area contributed by atoms with E-state index in [1.54, 1.807) is 32.1 Å². The van der Waals surface area contributed by atoms with Crippen molar-refractivity contribution in [1.82, 2.24) is 4.98 Å². The molecule has 3 rings (SSSR count). The first-order valence-corrected chi connectivity index (χ1v) is 10.3. The number of benzene rings is 1. The van der Waals surface area contributed by atoms with Crippen molar-refractivity contribution in [3.05, 3.63) is 65.3 Å². The van der Waals surface area contributed by atoms with E-state index in [1.807, 2.05) is 0 Å². The molecule has 30 heavy (non-hydrogen) atoms. The second kappa shape index (κ2) is 9.65. The van der Waals surface area contributed by atoms with Gasteiger partial charge in [-0.05, 0) is 57.2 Å². The molecule has 6 heteroatoms. The van der Waals surface area contributed by atoms with Crippen molar-refractivity contribution in [1.29, 1.82) is 0 Å². The number of carbonyl (C=O) groups excluding carboxylic acids is 2. The van der Waals surface area contributed by atoms with Crippen LogP contribution >= 0.6 is 0 Å². The molecule has 0 unspecified atom stereocenters. The Labute approximate surface area is 175 Å². The van der Waals surface area contributed by atoms with Crippen LogP contribution in [0.3, 0.4) is 0 Å². The van der Waals surface area contributed by atoms with Crippen LogP contribution in [0, 0.1) is 5.82 Å². The van der Waals surface area contributed by atoms with Gasteiger partial charge in [-0.3, -0.25) is 4.98 Å². The minimum absolute atomic E-state index is 0.141. The number of allylic oxidation sites excluding steroid dienone is 1. The first kappa shape index (κ1) is 21.7. The third-order valence-corrected chi connectivity index (χ3v) is 4.94. The molecule has 1 aliphatic carbocycles. The van der Waals surface area contributed by atoms with Crippen LogP contribution in [0.2, 0.25) is 0 Å². The van der Waals surface area contributed by atoms with Crippen molar-refractivity contribution in [3.8, 4) is 11.1 Å². The van der Waals surface area contributed by atoms with Gasteiger partial charge in [-0.2, -0.15) is 0 Å². The molecular formula is C24H26FNO4. The fraction of sp³-hybridized carbons (Fsp3) is 0.375. The summed E-state index contributed by atoms with van der Waals surface area (Å²) in [6, 6.07) is 5.73. The normalized spacial score (nSPS) is 13.0. The highest BCUT2D eigenvalue weighted by Gasteiger charge is 2.36. The SMILES string of the molecule is C=CCCc1nc(C2CC2)c(C(=O)OCC)c(-c2ccc(F)cc2)c1C(=O)OCC. The zero-order valence-corrected chi connectivity index (χ0v) is 17.4. The molecule has 1 aliphatic rings. The largest absolute Gasteiger partial charge is 0.462 e. The van der Waals surface area contributed by atoms with Gasteiger partial charge >= 0.3 is 11.9 Å². The quantitative estimate of drug-likeness (QED) is 0.417. The van der Waals surface area contributed by atoms with Gasteiger partial charge in [0, 0.05) is 11.5 Å². The molecule has 1 heterocycles. The zero-order valence-electron chi connectivity index (χ0n) is 17.4. The Morgan fingerprint density at radius 1 is 1.10 bits per heavy atom. The number of nitrogens with zero attached hydrogens (tertiary/aromatic N) is 1. The molecule has 2 aromatic rings. The average molecular weight is 411 g/mol. The number of aromatic nitrogens is 1. The molecular weight excluding hydrogens is 385 g/mol. The molecule has 1 fully saturated rings. The first-order valence-electron chi connectivity index (χ1n) is 10.3. The summed E-state index contributed by atoms with van der Waals surface area (Å²) in [5.74, 6) is -1.36. The van der Waals surface area contributed by atoms with Crippen LogP contribution in [-0.2, 0) is 15.9 Å². The Bertz CT molecular complexity index is 949. The third kappa shape index (κ3) is 4.58. The average Bonchev–Trinajstić information content (AvgIpc) is 3.57. The summed E-state index contributed by atoms with van der Waals surface area (Å²) < 4.78 is 24.3. The molecule has 0 atom stereocenters. The van der Waals surface area contributed by atoms with Crippen molar-refractivity contribution in [2.24, 2.45) is 0 Å². The van der Waals surface area contributed by atoms with E-state index < -0.39 is 17.8 Å². The Morgan fingerprint density at radius 3 is 2.23 bits per heavy atom. The number of hydrogen-bond acceptors (Lipinski definition) is 5. The van der Waals surface area contributed by atoms with Crippen LogP contribution < -0.4 is 0 Å². The van der Waals surface area contributed by atoms with Crippen molar-refractivity contribution in [2.75, 3.05) is 13.2 Å². The van der Waals surface area contributed by atoms with E-state index >= 15 is 0 Å². The number of esters is 2. The number of ether oxygens (including phenoxy) is 2. The molecule has 1 aromatic carbocycles. The van der Waals surface area contributed by atoms with Gasteiger partial charge in [-0.15, -0.1) is 6.58 Å². The lowest BCUT2D eigenvalue weighted by Crippen LogP contribution is -2.19. The van der Waals surface area contributed by atoms with Crippen LogP contribution in [0.5, 0.6) is 0 Å². The second-order valence-electron chi connectivity index (χ2n) is 7.12. The molecule has 0 amide bonds. The summed E-state index contributed by atoms with van der Waals surface area (Å²) in [6.07, 6.45) is 4.69. The summed E-state index contributed by atoms with van der Waals surface area (Å²) >= 11 is 0. The Kier molecular flexibility index (Phi) is 6.98. The van der Waals surface area contributed by atoms with Crippen LogP contribution in [0.1, 0.15) is 71.1 Å². The van der Waals surface area contributed by atoms with Crippen molar-refractivity contribution >= 4 is 11.9 Å². The molecule has 0 saturated heterocycles. The van der Waals surface area contributed by atoms with Gasteiger partial charge in [0.1, 0.15) is 5.82 Å². The van der Waals surface area contributed by atoms with Gasteiger partial charge in [0.25, 0.3) is 0 Å². The van der Waals surface area contributed by atoms with Crippen LogP contribution in [-0.4, -0.2) is 30.1 Å². The van der Waals surface area contributed by atoms with Gasteiger partial charge in [-0.1, -0.05) is 18.2 Å². The van der Waals surface area contributed by atoms with Gasteiger partial charge in [-0.25, -0.2) is 14.0 Å². The minimum Gasteiger partial charge on any atom is -0.462 e. The lowest BCUT2D eigenvalue weighted by atomic mass is 9.89. The van der Waals surface area contributed by atoms with E-state index in [2.05, 4.69) is 6.58 Å². The maximum atomic E-state index is 13.6. The molecule has 0 N–H and O–H groups in total. The van der Waals surface area contributed by atoms with Crippen molar-refractivity contribution in [3.63, 3.8) is 0 Å². The van der Waals surface area contributed by atoms with E-state index in [0.717, 1.165) is 12.8 Å². The smallest absolute Gasteiger partial charge is 0.340 e. The van der Waals surface area contributed by atoms with Crippen LogP contribution in [0.4, 0.5) is 4.39 Å². The first-order chi connectivity index (χ1) is 14.5. The summed E-state index contributed by atoms with van der Waals surface area (Å²) in [5, 5.41) is 0. The molecule has 0 spiro atoms. The van der Waals surface area contributed by atoms with Crippen LogP contribution in [0.25, 0.3) is 11.1 Å². The number of aryl methyl sites for hydroxylation is 1. The number of rotatable bonds is 9. The lowest BCUT2D eigenvalue weighted by Gasteiger charge is -2.20. The third-order valence-electron chi connectivity index (χ3n) is 4.94. The molecule has 1 saturated carbocycles. The molecule has 0 bridgehead atoms. The topological polar surface area (TPSA) is 65.5 Å². The Balaban J connectivity index is 2.36. The van der Waals surface area contributed by atoms with Gasteiger partial charge in [0.2, 0.25) is 0 Å². The highest BCUT2D eigenvalue weighted by molar-refractivity contribution is 6.07. The molecule has 5 nitrogen and oxygen atoms in total. The van der Waals surface area contributed by atoms with E-state index in [0.29, 0.717) is 35.4 Å². The predicted molar refractivity (Wildman–Crippen MR) is 112 cm³/mol. The monoisotopic (exact) mass is 411 g/mol. The van der Waals surface area contributed by atoms with Gasteiger partial charge in [0.15, 0.2) is 0 Å². The number of carbonyl (C=O) groups is 2. The van der Waals surface area contributed by atoms with Gasteiger partial charge in [0.05, 0.1) is 35.7 Å². The van der Waals surface area contributed by atoms with E-state index in [1.165, 1.54) is 12.1 Å². The standard InChI is InChI=1S/C24H26FNO4/c1-4-7-8-18-20(23(27)29-5-2)19(15-11-13-17(25)14-12-15)21(24(28)30-6-3)22(26-18)16-9-10-16/h4,11-14,16H,1,5-10H2,2-3H3. The lowest BCUT2D eigenvalue weighted by molar-refractivity contribution is 0.0524. The molecule has 158 valence electrons. The molecule has 0 aliphatic heterocycles. The highest BCUT2D eigenvalue weighted by atomic mass is 19.1. The fourth-order valence-corrected chi connectivity index (χ4v) is 3.46. The number of halogens is 1. The van der Waals surface area contributed by atoms with Crippen molar-refractivity contribution in [2.45, 2.75) is 45.4 Å². The zero-order chi connectivity index (χ0) is 21.7. The second-order valence-corrected chi connectivity index (χ2v) is 7.12. The number of hydrogen-bond donors (Lipinski definition) is 0. The summed E-state index contributed by atoms with van der Waals surface area (Å²) in [7, 11) is 0. The maximum absolute atomic E-state index is 13.6. The summed E-state index contributed by atoms with van der Waals surface area (Å²) in [5.41, 5.74) is 2.66. The summed E-state index contributed by atoms with van der Waals surface area (Å²) in [4.78, 5) is 30.8. The fourth-order valence-electron chi connectivity index (χ4n) is 3.46. The maximum Gasteiger partial charge on any atom is 0.340 e. The van der Waals surface area contributed by atoms with Gasteiger partial charge < -0.3 is 9.47 Å². The van der Waals surface area contributed by atoms with E-state index in [-0.39, 0.29) is 30.3 Å². The summed E-state index contributed by atoms with van der Waals surface area (Å²) in [6.45, 7) is 7.58. The molecule has 0 radical (unpaired) electrons. The Morgan fingerprint density at radius 2 is 1.70 bits per heavy atom. The number of pyridine rings is 1. The van der Waals surface area contributed by atoms with Crippen molar-refractivity contribution < 1.29 is 23.5 Å². The molecule has 1 aromatic heterocycles. The predicted octanol–water partition coefficient (Wildman–Crippen LogP) is 5.24. The van der Waals surface area contributed by atoms with E-state index in [4.69, 9.17) is 14.5 Å². The minimum atomic E-state index is -0.559.